The van der Waals surface area contributed by atoms with Crippen LogP contribution >= 0.6 is 15.9 Å². The van der Waals surface area contributed by atoms with Crippen molar-refractivity contribution >= 4 is 33.3 Å². The summed E-state index contributed by atoms with van der Waals surface area (Å²) in [5.74, 6) is -0.373. The van der Waals surface area contributed by atoms with Gasteiger partial charge in [0.1, 0.15) is 0 Å². The third-order valence-corrected chi connectivity index (χ3v) is 2.55. The molecule has 0 saturated heterocycles. The molecule has 3 nitrogen and oxygen atoms in total. The van der Waals surface area contributed by atoms with Crippen molar-refractivity contribution in [3.05, 3.63) is 28.2 Å². The fourth-order valence-electron chi connectivity index (χ4n) is 1.34. The van der Waals surface area contributed by atoms with Gasteiger partial charge in [-0.2, -0.15) is 0 Å². The number of carbonyl (C=O) groups excluding carboxylic acids is 2. The van der Waals surface area contributed by atoms with E-state index in [-0.39, 0.29) is 18.1 Å². The van der Waals surface area contributed by atoms with Gasteiger partial charge in [0.15, 0.2) is 5.78 Å². The SMILES string of the molecule is O=C1CC(=O)c2c(Br)cccc2N1. The molecule has 0 radical (unpaired) electrons. The first kappa shape index (κ1) is 8.44. The average molecular weight is 240 g/mol. The number of Topliss-reactive ketones (excluding diaryl/α,β-unsaturated/α-hetero) is 1. The predicted molar refractivity (Wildman–Crippen MR) is 51.7 cm³/mol. The van der Waals surface area contributed by atoms with E-state index in [1.807, 2.05) is 0 Å². The number of benzene rings is 1. The molecule has 0 spiro atoms. The molecule has 1 aliphatic heterocycles. The maximum atomic E-state index is 11.4. The van der Waals surface area contributed by atoms with E-state index in [0.29, 0.717) is 11.3 Å². The lowest BCUT2D eigenvalue weighted by molar-refractivity contribution is -0.115. The van der Waals surface area contributed by atoms with Crippen LogP contribution in [0.25, 0.3) is 0 Å². The fourth-order valence-corrected chi connectivity index (χ4v) is 1.93. The van der Waals surface area contributed by atoms with Gasteiger partial charge < -0.3 is 5.32 Å². The number of amides is 1. The van der Waals surface area contributed by atoms with Crippen molar-refractivity contribution in [1.82, 2.24) is 0 Å². The second-order valence-electron chi connectivity index (χ2n) is 2.81. The summed E-state index contributed by atoms with van der Waals surface area (Å²) in [6.07, 6.45) is -0.0599. The Balaban J connectivity index is 2.61. The number of hydrogen-bond donors (Lipinski definition) is 1. The predicted octanol–water partition coefficient (Wildman–Crippen LogP) is 1.97. The van der Waals surface area contributed by atoms with E-state index in [2.05, 4.69) is 21.2 Å². The van der Waals surface area contributed by atoms with Crippen LogP contribution in [0, 0.1) is 0 Å². The number of ketones is 1. The topological polar surface area (TPSA) is 46.2 Å². The molecule has 0 aliphatic carbocycles. The van der Waals surface area contributed by atoms with Crippen LogP contribution < -0.4 is 5.32 Å². The quantitative estimate of drug-likeness (QED) is 0.704. The Hall–Kier alpha value is -1.16. The van der Waals surface area contributed by atoms with Crippen LogP contribution in [0.15, 0.2) is 22.7 Å². The number of carbonyl (C=O) groups is 2. The minimum absolute atomic E-state index is 0.0599. The summed E-state index contributed by atoms with van der Waals surface area (Å²) >= 11 is 3.27. The molecule has 1 aromatic carbocycles. The Bertz CT molecular complexity index is 401. The molecule has 0 bridgehead atoms. The van der Waals surface area contributed by atoms with Gasteiger partial charge in [-0.25, -0.2) is 0 Å². The molecule has 0 unspecified atom stereocenters. The Morgan fingerprint density at radius 2 is 2.08 bits per heavy atom. The number of anilines is 1. The van der Waals surface area contributed by atoms with E-state index in [9.17, 15) is 9.59 Å². The summed E-state index contributed by atoms with van der Waals surface area (Å²) in [5.41, 5.74) is 1.16. The molecular formula is C9H6BrNO2. The zero-order valence-electron chi connectivity index (χ0n) is 6.63. The van der Waals surface area contributed by atoms with Gasteiger partial charge >= 0.3 is 0 Å². The zero-order valence-corrected chi connectivity index (χ0v) is 8.22. The van der Waals surface area contributed by atoms with Gasteiger partial charge in [-0.3, -0.25) is 9.59 Å². The van der Waals surface area contributed by atoms with Crippen LogP contribution in [-0.4, -0.2) is 11.7 Å². The molecule has 0 aromatic heterocycles. The van der Waals surface area contributed by atoms with Gasteiger partial charge in [-0.05, 0) is 28.1 Å². The molecule has 66 valence electrons. The third-order valence-electron chi connectivity index (χ3n) is 1.89. The molecule has 1 amide bonds. The maximum absolute atomic E-state index is 11.4. The van der Waals surface area contributed by atoms with Crippen molar-refractivity contribution in [2.24, 2.45) is 0 Å². The van der Waals surface area contributed by atoms with E-state index in [1.54, 1.807) is 18.2 Å². The monoisotopic (exact) mass is 239 g/mol. The van der Waals surface area contributed by atoms with Crippen molar-refractivity contribution in [2.75, 3.05) is 5.32 Å². The molecule has 0 atom stereocenters. The number of nitrogens with one attached hydrogen (secondary N) is 1. The molecule has 1 heterocycles. The van der Waals surface area contributed by atoms with Gasteiger partial charge in [0.2, 0.25) is 5.91 Å². The minimum atomic E-state index is -0.240. The largest absolute Gasteiger partial charge is 0.325 e. The van der Waals surface area contributed by atoms with Crippen LogP contribution in [0.2, 0.25) is 0 Å². The molecular weight excluding hydrogens is 234 g/mol. The zero-order chi connectivity index (χ0) is 9.42. The lowest BCUT2D eigenvalue weighted by atomic mass is 10.0. The highest BCUT2D eigenvalue weighted by Gasteiger charge is 2.23. The highest BCUT2D eigenvalue weighted by atomic mass is 79.9. The molecule has 13 heavy (non-hydrogen) atoms. The standard InChI is InChI=1S/C9H6BrNO2/c10-5-2-1-3-6-9(5)7(12)4-8(13)11-6/h1-3H,4H2,(H,11,13). The van der Waals surface area contributed by atoms with E-state index >= 15 is 0 Å². The third kappa shape index (κ3) is 1.37. The average Bonchev–Trinajstić information content (AvgIpc) is 2.02. The minimum Gasteiger partial charge on any atom is -0.325 e. The first-order valence-electron chi connectivity index (χ1n) is 3.80. The normalized spacial score (nSPS) is 15.2. The lowest BCUT2D eigenvalue weighted by Crippen LogP contribution is -2.24. The van der Waals surface area contributed by atoms with Gasteiger partial charge in [0, 0.05) is 4.47 Å². The first-order valence-corrected chi connectivity index (χ1v) is 4.59. The van der Waals surface area contributed by atoms with E-state index in [1.165, 1.54) is 0 Å². The van der Waals surface area contributed by atoms with Crippen molar-refractivity contribution in [2.45, 2.75) is 6.42 Å². The lowest BCUT2D eigenvalue weighted by Gasteiger charge is -2.16. The maximum Gasteiger partial charge on any atom is 0.232 e. The van der Waals surface area contributed by atoms with Crippen LogP contribution in [0.3, 0.4) is 0 Å². The summed E-state index contributed by atoms with van der Waals surface area (Å²) in [5, 5.41) is 2.64. The fraction of sp³-hybridized carbons (Fsp3) is 0.111. The number of halogens is 1. The second kappa shape index (κ2) is 2.96. The Morgan fingerprint density at radius 1 is 1.31 bits per heavy atom. The Kier molecular flexibility index (Phi) is 1.92. The number of rotatable bonds is 0. The van der Waals surface area contributed by atoms with E-state index in [4.69, 9.17) is 0 Å². The summed E-state index contributed by atoms with van der Waals surface area (Å²) in [6.45, 7) is 0. The molecule has 2 rings (SSSR count). The summed E-state index contributed by atoms with van der Waals surface area (Å²) < 4.78 is 0.731. The molecule has 1 N–H and O–H groups in total. The van der Waals surface area contributed by atoms with Crippen LogP contribution in [0.5, 0.6) is 0 Å². The van der Waals surface area contributed by atoms with Crippen LogP contribution in [0.1, 0.15) is 16.8 Å². The molecule has 1 aromatic rings. The number of hydrogen-bond acceptors (Lipinski definition) is 2. The number of fused-ring (bicyclic) bond motifs is 1. The summed E-state index contributed by atoms with van der Waals surface area (Å²) in [7, 11) is 0. The van der Waals surface area contributed by atoms with Gasteiger partial charge in [-0.15, -0.1) is 0 Å². The Labute approximate surface area is 83.3 Å². The van der Waals surface area contributed by atoms with Crippen molar-refractivity contribution in [3.8, 4) is 0 Å². The van der Waals surface area contributed by atoms with Crippen molar-refractivity contribution < 1.29 is 9.59 Å². The highest BCUT2D eigenvalue weighted by molar-refractivity contribution is 9.10. The van der Waals surface area contributed by atoms with Crippen LogP contribution in [-0.2, 0) is 4.79 Å². The Morgan fingerprint density at radius 3 is 2.85 bits per heavy atom. The summed E-state index contributed by atoms with van der Waals surface area (Å²) in [4.78, 5) is 22.4. The van der Waals surface area contributed by atoms with Crippen molar-refractivity contribution in [1.29, 1.82) is 0 Å². The van der Waals surface area contributed by atoms with E-state index < -0.39 is 0 Å². The van der Waals surface area contributed by atoms with Gasteiger partial charge in [-0.1, -0.05) is 6.07 Å². The summed E-state index contributed by atoms with van der Waals surface area (Å²) in [6, 6.07) is 5.28. The molecule has 0 fully saturated rings. The van der Waals surface area contributed by atoms with Gasteiger partial charge in [0.05, 0.1) is 17.7 Å². The van der Waals surface area contributed by atoms with Gasteiger partial charge in [0.25, 0.3) is 0 Å². The second-order valence-corrected chi connectivity index (χ2v) is 3.66. The smallest absolute Gasteiger partial charge is 0.232 e. The van der Waals surface area contributed by atoms with Crippen molar-refractivity contribution in [3.63, 3.8) is 0 Å². The van der Waals surface area contributed by atoms with Crippen LogP contribution in [0.4, 0.5) is 5.69 Å². The molecule has 4 heteroatoms. The molecule has 1 aliphatic rings. The molecule has 0 saturated carbocycles. The highest BCUT2D eigenvalue weighted by Crippen LogP contribution is 2.28. The first-order chi connectivity index (χ1) is 6.18. The van der Waals surface area contributed by atoms with E-state index in [0.717, 1.165) is 4.47 Å².